The molecule has 0 amide bonds. The number of aromatic nitrogens is 4. The molecule has 0 N–H and O–H groups in total. The van der Waals surface area contributed by atoms with Crippen molar-refractivity contribution in [2.45, 2.75) is 0 Å². The highest BCUT2D eigenvalue weighted by Gasteiger charge is 2.23. The molecule has 0 aliphatic rings. The minimum absolute atomic E-state index is 0.525. The summed E-state index contributed by atoms with van der Waals surface area (Å²) in [6.45, 7) is 0. The first-order valence-corrected chi connectivity index (χ1v) is 21.1. The summed E-state index contributed by atoms with van der Waals surface area (Å²) in [6, 6.07) is 71.8. The molecule has 294 valence electrons. The van der Waals surface area contributed by atoms with Crippen LogP contribution in [0.25, 0.3) is 128 Å². The highest BCUT2D eigenvalue weighted by atomic mass is 16.3. The van der Waals surface area contributed by atoms with Crippen molar-refractivity contribution in [1.29, 1.82) is 0 Å². The molecule has 0 bridgehead atoms. The van der Waals surface area contributed by atoms with E-state index in [1.165, 1.54) is 0 Å². The lowest BCUT2D eigenvalue weighted by Gasteiger charge is -2.15. The normalized spacial score (nSPS) is 11.8. The van der Waals surface area contributed by atoms with E-state index in [4.69, 9.17) is 23.8 Å². The zero-order valence-electron chi connectivity index (χ0n) is 33.7. The second kappa shape index (κ2) is 14.0. The molecule has 13 rings (SSSR count). The van der Waals surface area contributed by atoms with E-state index in [0.717, 1.165) is 110 Å². The third kappa shape index (κ3) is 5.76. The largest absolute Gasteiger partial charge is 0.456 e. The van der Waals surface area contributed by atoms with Crippen LogP contribution in [0, 0.1) is 0 Å². The van der Waals surface area contributed by atoms with E-state index in [9.17, 15) is 0 Å². The average Bonchev–Trinajstić information content (AvgIpc) is 4.03. The maximum atomic E-state index is 6.36. The fourth-order valence-corrected chi connectivity index (χ4v) is 9.27. The Balaban J connectivity index is 1.07. The van der Waals surface area contributed by atoms with Crippen molar-refractivity contribution in [3.63, 3.8) is 0 Å². The standard InChI is InChI=1S/C57H34N4O2/c1-3-14-35(15-4-1)41-32-46(39-19-13-18-37(30-39)38-27-29-52-47(31-38)44-22-9-12-25-51(44)62-52)54-48(33-41)42-20-7-10-23-49(42)61(54)57-59-55(36-16-5-2-6-17-36)58-56(60-57)40-26-28-45-43-21-8-11-24-50(43)63-53(45)34-40/h1-34H. The van der Waals surface area contributed by atoms with Gasteiger partial charge in [0.05, 0.1) is 11.0 Å². The summed E-state index contributed by atoms with van der Waals surface area (Å²) in [5.41, 5.74) is 13.7. The van der Waals surface area contributed by atoms with Crippen LogP contribution in [0.5, 0.6) is 0 Å². The zero-order valence-corrected chi connectivity index (χ0v) is 33.7. The van der Waals surface area contributed by atoms with Gasteiger partial charge < -0.3 is 8.83 Å². The molecule has 4 aromatic heterocycles. The lowest BCUT2D eigenvalue weighted by atomic mass is 9.93. The van der Waals surface area contributed by atoms with Gasteiger partial charge in [-0.25, -0.2) is 4.98 Å². The predicted molar refractivity (Wildman–Crippen MR) is 256 cm³/mol. The summed E-state index contributed by atoms with van der Waals surface area (Å²) in [7, 11) is 0. The highest BCUT2D eigenvalue weighted by Crippen LogP contribution is 2.43. The van der Waals surface area contributed by atoms with E-state index in [2.05, 4.69) is 144 Å². The lowest BCUT2D eigenvalue weighted by Crippen LogP contribution is -2.07. The molecule has 0 spiro atoms. The first-order valence-electron chi connectivity index (χ1n) is 21.1. The van der Waals surface area contributed by atoms with Gasteiger partial charge in [0.2, 0.25) is 5.95 Å². The van der Waals surface area contributed by atoms with Gasteiger partial charge in [-0.3, -0.25) is 4.57 Å². The summed E-state index contributed by atoms with van der Waals surface area (Å²) in [5.74, 6) is 1.66. The topological polar surface area (TPSA) is 69.9 Å². The molecule has 0 aliphatic heterocycles. The quantitative estimate of drug-likeness (QED) is 0.167. The Morgan fingerprint density at radius 2 is 0.857 bits per heavy atom. The number of benzene rings is 9. The van der Waals surface area contributed by atoms with E-state index in [-0.39, 0.29) is 0 Å². The van der Waals surface area contributed by atoms with Crippen LogP contribution >= 0.6 is 0 Å². The molecule has 4 heterocycles. The van der Waals surface area contributed by atoms with Gasteiger partial charge in [-0.15, -0.1) is 0 Å². The van der Waals surface area contributed by atoms with Crippen LogP contribution in [-0.4, -0.2) is 19.5 Å². The van der Waals surface area contributed by atoms with Crippen LogP contribution < -0.4 is 0 Å². The van der Waals surface area contributed by atoms with Gasteiger partial charge in [0.1, 0.15) is 22.3 Å². The SMILES string of the molecule is c1ccc(-c2cc(-c3cccc(-c4ccc5oc6ccccc6c5c4)c3)c3c(c2)c2ccccc2n3-c2nc(-c3ccccc3)nc(-c3ccc4c(c3)oc3ccccc34)n2)cc1. The maximum Gasteiger partial charge on any atom is 0.238 e. The van der Waals surface area contributed by atoms with Crippen LogP contribution in [0.3, 0.4) is 0 Å². The Morgan fingerprint density at radius 3 is 1.65 bits per heavy atom. The number of fused-ring (bicyclic) bond motifs is 9. The van der Waals surface area contributed by atoms with Gasteiger partial charge in [-0.2, -0.15) is 9.97 Å². The fraction of sp³-hybridized carbons (Fsp3) is 0. The van der Waals surface area contributed by atoms with Gasteiger partial charge >= 0.3 is 0 Å². The second-order valence-corrected chi connectivity index (χ2v) is 16.0. The number of furan rings is 2. The third-order valence-corrected chi connectivity index (χ3v) is 12.3. The monoisotopic (exact) mass is 806 g/mol. The van der Waals surface area contributed by atoms with Crippen molar-refractivity contribution >= 4 is 65.7 Å². The van der Waals surface area contributed by atoms with Gasteiger partial charge in [-0.05, 0) is 88.5 Å². The van der Waals surface area contributed by atoms with E-state index < -0.39 is 0 Å². The fourth-order valence-electron chi connectivity index (χ4n) is 9.27. The smallest absolute Gasteiger partial charge is 0.238 e. The van der Waals surface area contributed by atoms with Crippen LogP contribution in [0.1, 0.15) is 0 Å². The molecule has 0 atom stereocenters. The first-order chi connectivity index (χ1) is 31.2. The average molecular weight is 807 g/mol. The Labute approximate surface area is 361 Å². The van der Waals surface area contributed by atoms with Crippen molar-refractivity contribution in [1.82, 2.24) is 19.5 Å². The number of para-hydroxylation sites is 3. The van der Waals surface area contributed by atoms with E-state index in [1.807, 2.05) is 66.7 Å². The van der Waals surface area contributed by atoms with Crippen molar-refractivity contribution < 1.29 is 8.83 Å². The molecule has 0 unspecified atom stereocenters. The Bertz CT molecular complexity index is 3920. The molecule has 0 aliphatic carbocycles. The summed E-state index contributed by atoms with van der Waals surface area (Å²) in [4.78, 5) is 15.8. The molecule has 63 heavy (non-hydrogen) atoms. The molecule has 6 heteroatoms. The summed E-state index contributed by atoms with van der Waals surface area (Å²) < 4.78 is 14.8. The van der Waals surface area contributed by atoms with Crippen molar-refractivity contribution in [2.75, 3.05) is 0 Å². The lowest BCUT2D eigenvalue weighted by molar-refractivity contribution is 0.668. The molecule has 0 saturated heterocycles. The van der Waals surface area contributed by atoms with Crippen LogP contribution in [0.15, 0.2) is 215 Å². The minimum Gasteiger partial charge on any atom is -0.456 e. The predicted octanol–water partition coefficient (Wildman–Crippen LogP) is 15.1. The van der Waals surface area contributed by atoms with Gasteiger partial charge in [0, 0.05) is 49.0 Å². The number of hydrogen-bond donors (Lipinski definition) is 0. The van der Waals surface area contributed by atoms with Gasteiger partial charge in [0.15, 0.2) is 11.6 Å². The van der Waals surface area contributed by atoms with E-state index in [0.29, 0.717) is 17.6 Å². The third-order valence-electron chi connectivity index (χ3n) is 12.3. The molecule has 9 aromatic carbocycles. The van der Waals surface area contributed by atoms with Gasteiger partial charge in [-0.1, -0.05) is 146 Å². The van der Waals surface area contributed by atoms with Crippen molar-refractivity contribution in [2.24, 2.45) is 0 Å². The molecule has 0 fully saturated rings. The molecular formula is C57H34N4O2. The number of nitrogens with zero attached hydrogens (tertiary/aromatic N) is 4. The molecule has 6 nitrogen and oxygen atoms in total. The Morgan fingerprint density at radius 1 is 0.302 bits per heavy atom. The number of rotatable bonds is 6. The first kappa shape index (κ1) is 35.2. The van der Waals surface area contributed by atoms with Crippen molar-refractivity contribution in [3.8, 4) is 62.1 Å². The Hall–Kier alpha value is -8.61. The minimum atomic E-state index is 0.525. The second-order valence-electron chi connectivity index (χ2n) is 16.0. The molecule has 0 radical (unpaired) electrons. The summed E-state index contributed by atoms with van der Waals surface area (Å²) in [5, 5.41) is 6.54. The Kier molecular flexibility index (Phi) is 7.80. The van der Waals surface area contributed by atoms with E-state index in [1.54, 1.807) is 0 Å². The maximum absolute atomic E-state index is 6.36. The zero-order chi connectivity index (χ0) is 41.4. The molecule has 0 saturated carbocycles. The van der Waals surface area contributed by atoms with Crippen molar-refractivity contribution in [3.05, 3.63) is 206 Å². The van der Waals surface area contributed by atoms with Crippen LogP contribution in [0.4, 0.5) is 0 Å². The summed E-state index contributed by atoms with van der Waals surface area (Å²) in [6.07, 6.45) is 0. The number of hydrogen-bond acceptors (Lipinski definition) is 5. The molecule has 13 aromatic rings. The van der Waals surface area contributed by atoms with Gasteiger partial charge in [0.25, 0.3) is 0 Å². The van der Waals surface area contributed by atoms with Crippen LogP contribution in [0.2, 0.25) is 0 Å². The van der Waals surface area contributed by atoms with Crippen LogP contribution in [-0.2, 0) is 0 Å². The highest BCUT2D eigenvalue weighted by molar-refractivity contribution is 6.15. The van der Waals surface area contributed by atoms with E-state index >= 15 is 0 Å². The summed E-state index contributed by atoms with van der Waals surface area (Å²) >= 11 is 0. The molecular weight excluding hydrogens is 773 g/mol.